The van der Waals surface area contributed by atoms with Crippen LogP contribution in [0.3, 0.4) is 0 Å². The van der Waals surface area contributed by atoms with Crippen LogP contribution in [-0.4, -0.2) is 26.2 Å². The van der Waals surface area contributed by atoms with Crippen LogP contribution in [0, 0.1) is 0 Å². The van der Waals surface area contributed by atoms with Crippen molar-refractivity contribution in [1.29, 1.82) is 0 Å². The number of aromatic hydroxyl groups is 1. The third kappa shape index (κ3) is 4.71. The quantitative estimate of drug-likeness (QED) is 0.196. The summed E-state index contributed by atoms with van der Waals surface area (Å²) in [4.78, 5) is 33.4. The van der Waals surface area contributed by atoms with E-state index in [4.69, 9.17) is 0 Å². The maximum absolute atomic E-state index is 12.9. The number of thiophene rings is 1. The molecule has 0 bridgehead atoms. The van der Waals surface area contributed by atoms with E-state index in [1.54, 1.807) is 19.1 Å². The first-order chi connectivity index (χ1) is 15.3. The molecule has 0 radical (unpaired) electrons. The molecule has 0 fully saturated rings. The highest BCUT2D eigenvalue weighted by Gasteiger charge is 2.19. The zero-order valence-electron chi connectivity index (χ0n) is 17.9. The van der Waals surface area contributed by atoms with Gasteiger partial charge in [-0.15, -0.1) is 11.3 Å². The van der Waals surface area contributed by atoms with Crippen LogP contribution in [-0.2, 0) is 4.79 Å². The second-order valence-electron chi connectivity index (χ2n) is 7.77. The number of carbonyl (C=O) groups excluding carboxylic acids is 1. The van der Waals surface area contributed by atoms with Crippen molar-refractivity contribution in [1.82, 2.24) is 9.97 Å². The minimum absolute atomic E-state index is 0.131. The Morgan fingerprint density at radius 1 is 1.09 bits per heavy atom. The Balaban J connectivity index is 1.54. The summed E-state index contributed by atoms with van der Waals surface area (Å²) in [7, 11) is 0. The highest BCUT2D eigenvalue weighted by molar-refractivity contribution is 8.00. The second kappa shape index (κ2) is 9.18. The summed E-state index contributed by atoms with van der Waals surface area (Å²) in [6.45, 7) is 6.05. The molecule has 0 aliphatic heterocycles. The van der Waals surface area contributed by atoms with Gasteiger partial charge in [0.2, 0.25) is 5.91 Å². The van der Waals surface area contributed by atoms with Crippen LogP contribution in [0.15, 0.2) is 63.9 Å². The molecule has 32 heavy (non-hydrogen) atoms. The van der Waals surface area contributed by atoms with Crippen molar-refractivity contribution < 1.29 is 9.90 Å². The second-order valence-corrected chi connectivity index (χ2v) is 9.96. The molecule has 2 aromatic heterocycles. The number of nitrogens with one attached hydrogen (secondary N) is 2. The molecule has 0 aliphatic rings. The maximum atomic E-state index is 12.9. The lowest BCUT2D eigenvalue weighted by Crippen LogP contribution is -2.23. The summed E-state index contributed by atoms with van der Waals surface area (Å²) in [6, 6.07) is 14.5. The minimum atomic E-state index is -0.479. The average Bonchev–Trinajstić information content (AvgIpc) is 3.20. The Hall–Kier alpha value is -3.10. The summed E-state index contributed by atoms with van der Waals surface area (Å²) in [5.41, 5.74) is 3.47. The lowest BCUT2D eigenvalue weighted by atomic mass is 9.99. The molecule has 3 N–H and O–H groups in total. The van der Waals surface area contributed by atoms with Gasteiger partial charge in [0.15, 0.2) is 5.16 Å². The number of hydrogen-bond donors (Lipinski definition) is 3. The normalized spacial score (nSPS) is 12.2. The van der Waals surface area contributed by atoms with Crippen LogP contribution in [0.4, 0.5) is 5.69 Å². The zero-order valence-corrected chi connectivity index (χ0v) is 19.5. The van der Waals surface area contributed by atoms with E-state index in [0.717, 1.165) is 11.1 Å². The van der Waals surface area contributed by atoms with Gasteiger partial charge in [0.05, 0.1) is 10.6 Å². The number of thioether (sulfide) groups is 1. The van der Waals surface area contributed by atoms with Crippen molar-refractivity contribution in [3.63, 3.8) is 0 Å². The van der Waals surface area contributed by atoms with Crippen LogP contribution >= 0.6 is 23.1 Å². The van der Waals surface area contributed by atoms with Crippen LogP contribution in [0.1, 0.15) is 32.3 Å². The molecule has 2 aromatic carbocycles. The summed E-state index contributed by atoms with van der Waals surface area (Å²) in [5, 5.41) is 14.6. The first kappa shape index (κ1) is 22.1. The van der Waals surface area contributed by atoms with Crippen LogP contribution < -0.4 is 10.9 Å². The Morgan fingerprint density at radius 3 is 2.44 bits per heavy atom. The van der Waals surface area contributed by atoms with Gasteiger partial charge in [-0.1, -0.05) is 49.9 Å². The Bertz CT molecular complexity index is 1310. The summed E-state index contributed by atoms with van der Waals surface area (Å²) in [5.74, 6) is 0.355. The molecule has 2 heterocycles. The van der Waals surface area contributed by atoms with Gasteiger partial charge in [-0.05, 0) is 48.2 Å². The van der Waals surface area contributed by atoms with Crippen molar-refractivity contribution in [2.45, 2.75) is 37.1 Å². The number of fused-ring (bicyclic) bond motifs is 1. The predicted octanol–water partition coefficient (Wildman–Crippen LogP) is 5.60. The summed E-state index contributed by atoms with van der Waals surface area (Å²) < 4.78 is 0. The highest BCUT2D eigenvalue weighted by Crippen LogP contribution is 2.33. The van der Waals surface area contributed by atoms with E-state index in [9.17, 15) is 14.7 Å². The first-order valence-corrected chi connectivity index (χ1v) is 12.0. The van der Waals surface area contributed by atoms with Gasteiger partial charge < -0.3 is 15.4 Å². The van der Waals surface area contributed by atoms with Gasteiger partial charge >= 0.3 is 0 Å². The number of aromatic amines is 1. The van der Waals surface area contributed by atoms with E-state index in [2.05, 4.69) is 41.3 Å². The van der Waals surface area contributed by atoms with Gasteiger partial charge in [0, 0.05) is 16.6 Å². The van der Waals surface area contributed by atoms with Gasteiger partial charge in [-0.3, -0.25) is 9.59 Å². The molecule has 8 heteroatoms. The van der Waals surface area contributed by atoms with Gasteiger partial charge in [-0.2, -0.15) is 0 Å². The van der Waals surface area contributed by atoms with Crippen molar-refractivity contribution in [3.05, 3.63) is 69.8 Å². The van der Waals surface area contributed by atoms with E-state index in [1.807, 2.05) is 17.5 Å². The molecule has 1 unspecified atom stereocenters. The Kier molecular flexibility index (Phi) is 6.34. The standard InChI is InChI=1S/C24H23N3O3S2/c1-13(2)15-4-6-16(7-5-15)19-12-31-23-20(19)22(30)26-24(27-23)32-14(3)21(29)25-17-8-10-18(28)11-9-17/h4-14,28H,1-3H3,(H,25,29)(H,26,27,30). The monoisotopic (exact) mass is 465 g/mol. The number of nitrogens with zero attached hydrogens (tertiary/aromatic N) is 1. The topological polar surface area (TPSA) is 95.1 Å². The number of benzene rings is 2. The van der Waals surface area contributed by atoms with Gasteiger partial charge in [0.1, 0.15) is 10.6 Å². The van der Waals surface area contributed by atoms with E-state index < -0.39 is 5.25 Å². The number of rotatable bonds is 6. The number of phenols is 1. The molecule has 4 aromatic rings. The van der Waals surface area contributed by atoms with Gasteiger partial charge in [-0.25, -0.2) is 4.98 Å². The lowest BCUT2D eigenvalue weighted by Gasteiger charge is -2.11. The molecule has 6 nitrogen and oxygen atoms in total. The van der Waals surface area contributed by atoms with E-state index >= 15 is 0 Å². The molecular formula is C24H23N3O3S2. The van der Waals surface area contributed by atoms with Crippen LogP contribution in [0.2, 0.25) is 0 Å². The first-order valence-electron chi connectivity index (χ1n) is 10.2. The van der Waals surface area contributed by atoms with Crippen LogP contribution in [0.5, 0.6) is 5.75 Å². The van der Waals surface area contributed by atoms with Crippen molar-refractivity contribution in [3.8, 4) is 16.9 Å². The predicted molar refractivity (Wildman–Crippen MR) is 132 cm³/mol. The van der Waals surface area contributed by atoms with Crippen molar-refractivity contribution in [2.24, 2.45) is 0 Å². The number of H-pyrrole nitrogens is 1. The molecule has 0 saturated heterocycles. The van der Waals surface area contributed by atoms with Crippen molar-refractivity contribution in [2.75, 3.05) is 5.32 Å². The molecule has 0 saturated carbocycles. The molecule has 1 atom stereocenters. The average molecular weight is 466 g/mol. The zero-order chi connectivity index (χ0) is 22.8. The number of phenolic OH excluding ortho intramolecular Hbond substituents is 1. The Morgan fingerprint density at radius 2 is 1.78 bits per heavy atom. The fraction of sp³-hybridized carbons (Fsp3) is 0.208. The number of anilines is 1. The van der Waals surface area contributed by atoms with Crippen molar-refractivity contribution >= 4 is 44.9 Å². The molecule has 0 aliphatic carbocycles. The molecule has 164 valence electrons. The van der Waals surface area contributed by atoms with Crippen LogP contribution in [0.25, 0.3) is 21.3 Å². The largest absolute Gasteiger partial charge is 0.508 e. The fourth-order valence-electron chi connectivity index (χ4n) is 3.25. The minimum Gasteiger partial charge on any atom is -0.508 e. The van der Waals surface area contributed by atoms with E-state index in [1.165, 1.54) is 40.8 Å². The lowest BCUT2D eigenvalue weighted by molar-refractivity contribution is -0.115. The smallest absolute Gasteiger partial charge is 0.260 e. The maximum Gasteiger partial charge on any atom is 0.260 e. The third-order valence-electron chi connectivity index (χ3n) is 5.10. The molecule has 1 amide bonds. The van der Waals surface area contributed by atoms with E-state index in [-0.39, 0.29) is 17.2 Å². The Labute approximate surface area is 193 Å². The third-order valence-corrected chi connectivity index (χ3v) is 6.96. The number of hydrogen-bond acceptors (Lipinski definition) is 6. The summed E-state index contributed by atoms with van der Waals surface area (Å²) >= 11 is 2.61. The van der Waals surface area contributed by atoms with Gasteiger partial charge in [0.25, 0.3) is 5.56 Å². The molecule has 4 rings (SSSR count). The van der Waals surface area contributed by atoms with E-state index in [0.29, 0.717) is 27.0 Å². The number of amides is 1. The SMILES string of the molecule is CC(Sc1nc2scc(-c3ccc(C(C)C)cc3)c2c(=O)[nH]1)C(=O)Nc1ccc(O)cc1. The number of aromatic nitrogens is 2. The summed E-state index contributed by atoms with van der Waals surface area (Å²) in [6.07, 6.45) is 0. The molecular weight excluding hydrogens is 442 g/mol. The number of carbonyl (C=O) groups is 1. The molecule has 0 spiro atoms. The highest BCUT2D eigenvalue weighted by atomic mass is 32.2. The fourth-order valence-corrected chi connectivity index (χ4v) is 5.06.